The Kier molecular flexibility index (Phi) is 11.5. The molecule has 0 saturated heterocycles. The van der Waals surface area contributed by atoms with E-state index in [1.54, 1.807) is 0 Å². The first-order chi connectivity index (χ1) is 36.2. The number of benzene rings is 10. The molecular formula is C74H70N2. The second-order valence-corrected chi connectivity index (χ2v) is 25.6. The van der Waals surface area contributed by atoms with Crippen molar-refractivity contribution in [3.05, 3.63) is 229 Å². The molecule has 12 rings (SSSR count). The first kappa shape index (κ1) is 49.0. The summed E-state index contributed by atoms with van der Waals surface area (Å²) in [6.07, 6.45) is 0. The van der Waals surface area contributed by atoms with Gasteiger partial charge >= 0.3 is 0 Å². The summed E-state index contributed by atoms with van der Waals surface area (Å²) in [6.45, 7) is 27.4. The SMILES string of the molecule is CC(C)(C)c1ccc(-c2ccc3c(c2)c2cc(-c4ccc(C(C)(C)C)cc4)ccc2n3-c2ccc(-n3c4ccc(-c5ccc(C(C)(C)C)cc5)cc4c4cc(-c5ccc(C(C)(C)C)cc5)ccc43)c3ccccc23)cc1. The zero-order valence-corrected chi connectivity index (χ0v) is 46.5. The number of fused-ring (bicyclic) bond motifs is 7. The first-order valence-corrected chi connectivity index (χ1v) is 27.3. The highest BCUT2D eigenvalue weighted by molar-refractivity contribution is 6.15. The molecule has 0 spiro atoms. The Hall–Kier alpha value is -7.94. The molecule has 2 heteroatoms. The topological polar surface area (TPSA) is 9.86 Å². The van der Waals surface area contributed by atoms with Crippen molar-refractivity contribution in [3.8, 4) is 55.9 Å². The average molecular weight is 987 g/mol. The summed E-state index contributed by atoms with van der Waals surface area (Å²) in [6, 6.07) is 78.7. The van der Waals surface area contributed by atoms with Gasteiger partial charge in [-0.1, -0.05) is 229 Å². The van der Waals surface area contributed by atoms with Crippen molar-refractivity contribution in [2.75, 3.05) is 0 Å². The third-order valence-corrected chi connectivity index (χ3v) is 16.2. The predicted molar refractivity (Wildman–Crippen MR) is 329 cm³/mol. The van der Waals surface area contributed by atoms with Crippen molar-refractivity contribution in [2.24, 2.45) is 0 Å². The van der Waals surface area contributed by atoms with Crippen LogP contribution in [0.4, 0.5) is 0 Å². The van der Waals surface area contributed by atoms with E-state index in [-0.39, 0.29) is 21.7 Å². The molecule has 376 valence electrons. The molecule has 0 atom stereocenters. The average Bonchev–Trinajstić information content (AvgIpc) is 3.97. The van der Waals surface area contributed by atoms with Crippen LogP contribution in [0.3, 0.4) is 0 Å². The number of hydrogen-bond donors (Lipinski definition) is 0. The monoisotopic (exact) mass is 987 g/mol. The minimum Gasteiger partial charge on any atom is -0.309 e. The molecule has 12 aromatic rings. The van der Waals surface area contributed by atoms with Crippen LogP contribution < -0.4 is 0 Å². The molecular weight excluding hydrogens is 917 g/mol. The van der Waals surface area contributed by atoms with Gasteiger partial charge < -0.3 is 9.13 Å². The maximum Gasteiger partial charge on any atom is 0.0542 e. The van der Waals surface area contributed by atoms with E-state index in [4.69, 9.17) is 0 Å². The van der Waals surface area contributed by atoms with Crippen molar-refractivity contribution >= 4 is 54.4 Å². The third kappa shape index (κ3) is 8.62. The Morgan fingerprint density at radius 1 is 0.211 bits per heavy atom. The minimum atomic E-state index is 0.0864. The van der Waals surface area contributed by atoms with E-state index in [9.17, 15) is 0 Å². The Bertz CT molecular complexity index is 3680. The summed E-state index contributed by atoms with van der Waals surface area (Å²) in [5.41, 5.74) is 22.5. The molecule has 0 aliphatic carbocycles. The molecule has 0 amide bonds. The van der Waals surface area contributed by atoms with Crippen molar-refractivity contribution < 1.29 is 0 Å². The molecule has 0 unspecified atom stereocenters. The van der Waals surface area contributed by atoms with Gasteiger partial charge in [0.15, 0.2) is 0 Å². The van der Waals surface area contributed by atoms with Crippen molar-refractivity contribution in [3.63, 3.8) is 0 Å². The van der Waals surface area contributed by atoms with Crippen LogP contribution in [0.2, 0.25) is 0 Å². The van der Waals surface area contributed by atoms with Gasteiger partial charge in [-0.2, -0.15) is 0 Å². The fourth-order valence-electron chi connectivity index (χ4n) is 11.6. The van der Waals surface area contributed by atoms with Crippen molar-refractivity contribution in [1.29, 1.82) is 0 Å². The maximum atomic E-state index is 2.51. The van der Waals surface area contributed by atoms with Gasteiger partial charge in [0.2, 0.25) is 0 Å². The Morgan fingerprint density at radius 3 is 0.632 bits per heavy atom. The molecule has 0 bridgehead atoms. The van der Waals surface area contributed by atoms with Gasteiger partial charge in [0, 0.05) is 32.3 Å². The minimum absolute atomic E-state index is 0.0864. The summed E-state index contributed by atoms with van der Waals surface area (Å²) in [7, 11) is 0. The van der Waals surface area contributed by atoms with Gasteiger partial charge in [-0.25, -0.2) is 0 Å². The number of aromatic nitrogens is 2. The lowest BCUT2D eigenvalue weighted by Gasteiger charge is -2.19. The highest BCUT2D eigenvalue weighted by Gasteiger charge is 2.23. The predicted octanol–water partition coefficient (Wildman–Crippen LogP) is 20.9. The summed E-state index contributed by atoms with van der Waals surface area (Å²) in [5, 5.41) is 7.35. The van der Waals surface area contributed by atoms with Crippen LogP contribution in [0.25, 0.3) is 110 Å². The van der Waals surface area contributed by atoms with E-state index in [0.29, 0.717) is 0 Å². The third-order valence-electron chi connectivity index (χ3n) is 16.2. The summed E-state index contributed by atoms with van der Waals surface area (Å²) >= 11 is 0. The molecule has 0 radical (unpaired) electrons. The molecule has 2 aromatic heterocycles. The summed E-state index contributed by atoms with van der Waals surface area (Å²) < 4.78 is 5.02. The number of rotatable bonds is 6. The highest BCUT2D eigenvalue weighted by Crippen LogP contribution is 2.44. The van der Waals surface area contributed by atoms with E-state index in [2.05, 4.69) is 298 Å². The van der Waals surface area contributed by atoms with Crippen LogP contribution in [0, 0.1) is 0 Å². The van der Waals surface area contributed by atoms with Gasteiger partial charge in [-0.15, -0.1) is 0 Å². The zero-order chi connectivity index (χ0) is 53.1. The molecule has 0 aliphatic rings. The fraction of sp³-hybridized carbons (Fsp3) is 0.216. The van der Waals surface area contributed by atoms with E-state index < -0.39 is 0 Å². The Balaban J connectivity index is 1.05. The number of hydrogen-bond acceptors (Lipinski definition) is 0. The zero-order valence-electron chi connectivity index (χ0n) is 46.5. The largest absolute Gasteiger partial charge is 0.309 e. The quantitative estimate of drug-likeness (QED) is 0.157. The van der Waals surface area contributed by atoms with Crippen molar-refractivity contribution in [1.82, 2.24) is 9.13 Å². The lowest BCUT2D eigenvalue weighted by atomic mass is 9.86. The van der Waals surface area contributed by atoms with Crippen LogP contribution in [0.1, 0.15) is 105 Å². The molecule has 0 saturated carbocycles. The van der Waals surface area contributed by atoms with Gasteiger partial charge in [-0.05, 0) is 149 Å². The normalized spacial score (nSPS) is 12.7. The van der Waals surface area contributed by atoms with Crippen LogP contribution in [0.5, 0.6) is 0 Å². The van der Waals surface area contributed by atoms with E-state index >= 15 is 0 Å². The smallest absolute Gasteiger partial charge is 0.0542 e. The van der Waals surface area contributed by atoms with Gasteiger partial charge in [0.1, 0.15) is 0 Å². The maximum absolute atomic E-state index is 2.51. The van der Waals surface area contributed by atoms with Crippen LogP contribution in [0.15, 0.2) is 206 Å². The molecule has 0 N–H and O–H groups in total. The second-order valence-electron chi connectivity index (χ2n) is 25.6. The van der Waals surface area contributed by atoms with Crippen LogP contribution in [-0.4, -0.2) is 9.13 Å². The standard InChI is InChI=1S/C74H70N2/c1-71(2,3)55-29-17-47(18-30-55)51-25-37-67-61(43-51)62-44-52(48-19-31-56(32-20-48)72(4,5)6)26-38-68(62)75(67)65-41-42-66(60-16-14-13-15-59(60)65)76-69-39-27-53(49-21-33-57(34-22-49)73(7,8)9)45-63(69)64-46-54(28-40-70(64)76)50-23-35-58(36-24-50)74(10,11)12/h13-46H,1-12H3. The van der Waals surface area contributed by atoms with Crippen molar-refractivity contribution in [2.45, 2.75) is 105 Å². The van der Waals surface area contributed by atoms with E-state index in [1.165, 1.54) is 121 Å². The fourth-order valence-corrected chi connectivity index (χ4v) is 11.6. The molecule has 0 aliphatic heterocycles. The number of nitrogens with zero attached hydrogens (tertiary/aromatic N) is 2. The van der Waals surface area contributed by atoms with Crippen LogP contribution in [-0.2, 0) is 21.7 Å². The molecule has 76 heavy (non-hydrogen) atoms. The molecule has 0 fully saturated rings. The molecule has 2 heterocycles. The van der Waals surface area contributed by atoms with Gasteiger partial charge in [-0.3, -0.25) is 0 Å². The second kappa shape index (κ2) is 17.8. The van der Waals surface area contributed by atoms with Crippen LogP contribution >= 0.6 is 0 Å². The Morgan fingerprint density at radius 2 is 0.421 bits per heavy atom. The van der Waals surface area contributed by atoms with E-state index in [1.807, 2.05) is 0 Å². The van der Waals surface area contributed by atoms with Gasteiger partial charge in [0.25, 0.3) is 0 Å². The lowest BCUT2D eigenvalue weighted by Crippen LogP contribution is -2.10. The summed E-state index contributed by atoms with van der Waals surface area (Å²) in [5.74, 6) is 0. The first-order valence-electron chi connectivity index (χ1n) is 27.3. The highest BCUT2D eigenvalue weighted by atomic mass is 15.0. The van der Waals surface area contributed by atoms with E-state index in [0.717, 1.165) is 11.4 Å². The Labute approximate surface area is 450 Å². The summed E-state index contributed by atoms with van der Waals surface area (Å²) in [4.78, 5) is 0. The molecule has 10 aromatic carbocycles. The van der Waals surface area contributed by atoms with Gasteiger partial charge in [0.05, 0.1) is 33.4 Å². The lowest BCUT2D eigenvalue weighted by molar-refractivity contribution is 0.590. The molecule has 2 nitrogen and oxygen atoms in total.